The number of pyridine rings is 3. The summed E-state index contributed by atoms with van der Waals surface area (Å²) in [5.41, 5.74) is 6.06. The molecule has 0 spiro atoms. The van der Waals surface area contributed by atoms with Crippen LogP contribution < -0.4 is 10.4 Å². The predicted octanol–water partition coefficient (Wildman–Crippen LogP) is 16.3. The molecular weight excluding hydrogens is 1090 g/mol. The summed E-state index contributed by atoms with van der Waals surface area (Å²) in [6.45, 7) is 13.5. The summed E-state index contributed by atoms with van der Waals surface area (Å²) >= 11 is 0. The molecule has 0 bridgehead atoms. The van der Waals surface area contributed by atoms with E-state index < -0.39 is 41.6 Å². The zero-order chi connectivity index (χ0) is 58.2. The van der Waals surface area contributed by atoms with Crippen LogP contribution in [0.15, 0.2) is 175 Å². The van der Waals surface area contributed by atoms with Crippen LogP contribution in [-0.4, -0.2) is 31.1 Å². The predicted molar refractivity (Wildman–Crippen MR) is 302 cm³/mol. The van der Waals surface area contributed by atoms with Crippen LogP contribution in [0.2, 0.25) is 39.3 Å². The topological polar surface area (TPSA) is 51.8 Å². The number of benzene rings is 6. The smallest absolute Gasteiger partial charge is 0.501 e. The number of hydrogen-bond acceptors (Lipinski definition) is 4. The molecule has 0 radical (unpaired) electrons. The van der Waals surface area contributed by atoms with Crippen LogP contribution in [0.4, 0.5) is 4.39 Å². The summed E-state index contributed by atoms with van der Waals surface area (Å²) in [5, 5.41) is 4.39. The Kier molecular flexibility index (Phi) is 13.2. The van der Waals surface area contributed by atoms with Crippen LogP contribution in [0, 0.1) is 43.1 Å². The maximum atomic E-state index is 12.8. The van der Waals surface area contributed by atoms with Crippen molar-refractivity contribution in [2.24, 2.45) is 5.41 Å². The minimum absolute atomic E-state index is 0. The molecule has 0 aliphatic rings. The molecule has 0 aliphatic carbocycles. The van der Waals surface area contributed by atoms with Gasteiger partial charge in [-0.2, -0.15) is 0 Å². The van der Waals surface area contributed by atoms with Crippen molar-refractivity contribution in [3.05, 3.63) is 211 Å². The average Bonchev–Trinajstić information content (AvgIpc) is 4.08. The van der Waals surface area contributed by atoms with Crippen molar-refractivity contribution in [1.29, 1.82) is 0 Å². The van der Waals surface area contributed by atoms with Gasteiger partial charge in [-0.05, 0) is 98.0 Å². The van der Waals surface area contributed by atoms with Gasteiger partial charge in [0.05, 0.1) is 23.1 Å². The van der Waals surface area contributed by atoms with Gasteiger partial charge in [-0.3, -0.25) is 4.39 Å². The molecule has 72 heavy (non-hydrogen) atoms. The van der Waals surface area contributed by atoms with Gasteiger partial charge in [0, 0.05) is 40.8 Å². The molecular formula is C64H63FIrN3OSi2. The van der Waals surface area contributed by atoms with E-state index in [9.17, 15) is 4.39 Å². The van der Waals surface area contributed by atoms with E-state index in [-0.39, 0.29) is 65.5 Å². The van der Waals surface area contributed by atoms with Crippen molar-refractivity contribution >= 4 is 48.5 Å². The third kappa shape index (κ3) is 13.2. The summed E-state index contributed by atoms with van der Waals surface area (Å²) in [5.74, 6) is -0.271. The molecule has 364 valence electrons. The molecule has 4 aromatic heterocycles. The third-order valence-corrected chi connectivity index (χ3v) is 15.8. The zero-order valence-electron chi connectivity index (χ0n) is 51.0. The largest absolute Gasteiger partial charge is 3.00 e. The molecule has 0 atom stereocenters. The second-order valence-electron chi connectivity index (χ2n) is 20.5. The molecule has 8 heteroatoms. The van der Waals surface area contributed by atoms with E-state index in [0.717, 1.165) is 44.4 Å². The van der Waals surface area contributed by atoms with Crippen molar-refractivity contribution in [3.8, 4) is 56.0 Å². The van der Waals surface area contributed by atoms with Gasteiger partial charge in [0.1, 0.15) is 5.58 Å². The van der Waals surface area contributed by atoms with Crippen LogP contribution in [0.5, 0.6) is 0 Å². The molecule has 10 rings (SSSR count). The Morgan fingerprint density at radius 2 is 1.28 bits per heavy atom. The quantitative estimate of drug-likeness (QED) is 0.112. The zero-order valence-corrected chi connectivity index (χ0v) is 46.4. The normalized spacial score (nSPS) is 13.9. The second kappa shape index (κ2) is 22.6. The van der Waals surface area contributed by atoms with Crippen molar-refractivity contribution in [2.75, 3.05) is 0 Å². The Bertz CT molecular complexity index is 3780. The fourth-order valence-corrected chi connectivity index (χ4v) is 9.95. The van der Waals surface area contributed by atoms with Crippen LogP contribution in [0.1, 0.15) is 49.8 Å². The first-order valence-electron chi connectivity index (χ1n) is 28.1. The summed E-state index contributed by atoms with van der Waals surface area (Å²) in [4.78, 5) is 13.4. The SMILES string of the molecule is C[Si](C)(C)c1ccc(-c2[c-]cc(F)cc2)nc1.C[Si](C)(C)c1ccc(-c2[c-]cccc2)nc1.[2H]c1cc(C([2H])([2H])C(C)(C)C)cc(C([2H])([2H])[2H])c1-c1cc(-c2[c-]ccc3c2oc2cc(-c4ccccc4)ccc23)ncc1C([2H])([2H])[2H].[Ir+3]. The van der Waals surface area contributed by atoms with Gasteiger partial charge in [-0.15, -0.1) is 83.9 Å². The first kappa shape index (κ1) is 42.1. The standard InChI is InChI=1S/C36H32NO.C14H15FNSi.C14H16NSi.Ir/c1-23-18-25(21-36(3,4)5)14-16-28(23)32-20-33(37-22-24(32)2)31-13-9-12-30-29-17-15-27(19-34(29)38-35(30)31)26-10-7-6-8-11-26;1-17(2,3)13-8-9-14(16-10-13)11-4-6-12(15)7-5-11;1-16(2,3)13-9-10-14(15-11-13)12-7-5-4-6-8-12;/h6-12,14-20,22H,21H2,1-5H3;4,6-10H,1-3H3;4-7,9-11H,1-3H3;/q3*-1;+3/i1D3,2D3,16D,21D2;;;. The van der Waals surface area contributed by atoms with Crippen LogP contribution in [0.25, 0.3) is 78.0 Å². The Morgan fingerprint density at radius 3 is 1.86 bits per heavy atom. The number of aryl methyl sites for hydroxylation is 2. The number of aromatic nitrogens is 3. The fourth-order valence-electron chi connectivity index (χ4n) is 7.88. The van der Waals surface area contributed by atoms with Gasteiger partial charge < -0.3 is 19.4 Å². The summed E-state index contributed by atoms with van der Waals surface area (Å²) in [6.07, 6.45) is 3.15. The van der Waals surface area contributed by atoms with Gasteiger partial charge >= 0.3 is 20.1 Å². The average molecular weight is 1170 g/mol. The number of furan rings is 1. The van der Waals surface area contributed by atoms with E-state index in [2.05, 4.69) is 90.6 Å². The van der Waals surface area contributed by atoms with Gasteiger partial charge in [-0.1, -0.05) is 162 Å². The van der Waals surface area contributed by atoms with Gasteiger partial charge in [0.2, 0.25) is 0 Å². The third-order valence-electron chi connectivity index (χ3n) is 11.7. The van der Waals surface area contributed by atoms with E-state index in [1.165, 1.54) is 46.9 Å². The Labute approximate surface area is 454 Å². The van der Waals surface area contributed by atoms with Crippen molar-refractivity contribution in [2.45, 2.75) is 80.1 Å². The molecule has 6 aromatic carbocycles. The van der Waals surface area contributed by atoms with Crippen LogP contribution in [0.3, 0.4) is 0 Å². The summed E-state index contributed by atoms with van der Waals surface area (Å²) in [7, 11) is -2.53. The van der Waals surface area contributed by atoms with E-state index in [4.69, 9.17) is 16.8 Å². The number of rotatable bonds is 8. The van der Waals surface area contributed by atoms with Gasteiger partial charge in [-0.25, -0.2) is 0 Å². The number of nitrogens with zero attached hydrogens (tertiary/aromatic N) is 3. The van der Waals surface area contributed by atoms with E-state index in [1.54, 1.807) is 32.9 Å². The molecule has 0 aliphatic heterocycles. The molecule has 4 heterocycles. The molecule has 0 saturated heterocycles. The van der Waals surface area contributed by atoms with E-state index >= 15 is 0 Å². The summed E-state index contributed by atoms with van der Waals surface area (Å²) < 4.78 is 95.5. The second-order valence-corrected chi connectivity index (χ2v) is 30.7. The Balaban J connectivity index is 0.000000225. The first-order chi connectivity index (χ1) is 37.4. The van der Waals surface area contributed by atoms with Crippen molar-refractivity contribution < 1.29 is 41.2 Å². The van der Waals surface area contributed by atoms with Crippen LogP contribution >= 0.6 is 0 Å². The number of fused-ring (bicyclic) bond motifs is 3. The van der Waals surface area contributed by atoms with E-state index in [1.807, 2.05) is 97.3 Å². The molecule has 0 amide bonds. The monoisotopic (exact) mass is 1170 g/mol. The van der Waals surface area contributed by atoms with Crippen molar-refractivity contribution in [1.82, 2.24) is 15.0 Å². The number of halogens is 1. The van der Waals surface area contributed by atoms with Gasteiger partial charge in [0.25, 0.3) is 0 Å². The molecule has 0 N–H and O–H groups in total. The molecule has 0 saturated carbocycles. The fraction of sp³-hybridized carbons (Fsp3) is 0.203. The summed E-state index contributed by atoms with van der Waals surface area (Å²) in [6, 6.07) is 53.2. The minimum atomic E-state index is -2.79. The molecule has 4 nitrogen and oxygen atoms in total. The Hall–Kier alpha value is -6.42. The number of hydrogen-bond donors (Lipinski definition) is 0. The van der Waals surface area contributed by atoms with Crippen molar-refractivity contribution in [3.63, 3.8) is 0 Å². The molecule has 0 unspecified atom stereocenters. The molecule has 10 aromatic rings. The van der Waals surface area contributed by atoms with E-state index in [0.29, 0.717) is 16.7 Å². The van der Waals surface area contributed by atoms with Gasteiger partial charge in [0.15, 0.2) is 0 Å². The maximum Gasteiger partial charge on any atom is 3.00 e. The first-order valence-corrected chi connectivity index (χ1v) is 30.6. The Morgan fingerprint density at radius 1 is 0.611 bits per heavy atom. The maximum absolute atomic E-state index is 12.8. The minimum Gasteiger partial charge on any atom is -0.501 e. The van der Waals surface area contributed by atoms with Crippen LogP contribution in [-0.2, 0) is 26.5 Å². The molecule has 0 fully saturated rings.